The average molecular weight is 627 g/mol. The number of carboxylic acids is 2. The van der Waals surface area contributed by atoms with Gasteiger partial charge in [-0.2, -0.15) is 0 Å². The molecule has 0 amide bonds. The van der Waals surface area contributed by atoms with E-state index >= 15 is 0 Å². The summed E-state index contributed by atoms with van der Waals surface area (Å²) in [6.45, 7) is 8.90. The highest BCUT2D eigenvalue weighted by atomic mass is 16.4. The van der Waals surface area contributed by atoms with Crippen LogP contribution in [0.2, 0.25) is 0 Å². The summed E-state index contributed by atoms with van der Waals surface area (Å²) in [4.78, 5) is 20.7. The van der Waals surface area contributed by atoms with Crippen molar-refractivity contribution in [3.63, 3.8) is 0 Å². The van der Waals surface area contributed by atoms with Gasteiger partial charge in [0.1, 0.15) is 0 Å². The topological polar surface area (TPSA) is 74.6 Å². The van der Waals surface area contributed by atoms with E-state index in [1.54, 1.807) is 0 Å². The SMILES string of the molecule is CCCC.CCCCCCCCCCCCCCCCCC(=O)O.CCCCCCCCCCCCCCCCCC(=O)O. The van der Waals surface area contributed by atoms with Crippen LogP contribution in [-0.4, -0.2) is 22.2 Å². The zero-order valence-corrected chi connectivity index (χ0v) is 30.8. The second-order valence-corrected chi connectivity index (χ2v) is 13.2. The van der Waals surface area contributed by atoms with E-state index in [1.165, 1.54) is 180 Å². The van der Waals surface area contributed by atoms with Crippen molar-refractivity contribution in [2.75, 3.05) is 0 Å². The molecule has 0 fully saturated rings. The number of hydrogen-bond donors (Lipinski definition) is 2. The molecule has 0 spiro atoms. The van der Waals surface area contributed by atoms with Gasteiger partial charge in [-0.3, -0.25) is 9.59 Å². The van der Waals surface area contributed by atoms with Crippen molar-refractivity contribution in [1.29, 1.82) is 0 Å². The van der Waals surface area contributed by atoms with Crippen LogP contribution in [0.5, 0.6) is 0 Å². The molecule has 0 aromatic heterocycles. The molecule has 0 radical (unpaired) electrons. The molecule has 4 nitrogen and oxygen atoms in total. The predicted molar refractivity (Wildman–Crippen MR) is 195 cm³/mol. The number of carboxylic acid groups (broad SMARTS) is 2. The molecule has 0 aliphatic carbocycles. The number of unbranched alkanes of at least 4 members (excludes halogenated alkanes) is 29. The Morgan fingerprint density at radius 1 is 0.273 bits per heavy atom. The van der Waals surface area contributed by atoms with E-state index in [-0.39, 0.29) is 0 Å². The smallest absolute Gasteiger partial charge is 0.303 e. The summed E-state index contributed by atoms with van der Waals surface area (Å²) in [5.41, 5.74) is 0. The van der Waals surface area contributed by atoms with Gasteiger partial charge in [-0.25, -0.2) is 0 Å². The van der Waals surface area contributed by atoms with E-state index in [4.69, 9.17) is 10.2 Å². The normalized spacial score (nSPS) is 10.5. The zero-order valence-electron chi connectivity index (χ0n) is 30.8. The van der Waals surface area contributed by atoms with Crippen LogP contribution in [0.15, 0.2) is 0 Å². The maximum absolute atomic E-state index is 10.3. The Hall–Kier alpha value is -1.06. The lowest BCUT2D eigenvalue weighted by molar-refractivity contribution is -0.138. The lowest BCUT2D eigenvalue weighted by Gasteiger charge is -2.03. The van der Waals surface area contributed by atoms with Crippen molar-refractivity contribution in [2.24, 2.45) is 0 Å². The Bertz CT molecular complexity index is 474. The van der Waals surface area contributed by atoms with Gasteiger partial charge in [-0.1, -0.05) is 220 Å². The van der Waals surface area contributed by atoms with E-state index < -0.39 is 11.9 Å². The maximum Gasteiger partial charge on any atom is 0.303 e. The van der Waals surface area contributed by atoms with Crippen molar-refractivity contribution in [2.45, 2.75) is 246 Å². The lowest BCUT2D eigenvalue weighted by Crippen LogP contribution is -1.93. The van der Waals surface area contributed by atoms with Crippen LogP contribution in [0.25, 0.3) is 0 Å². The van der Waals surface area contributed by atoms with Crippen molar-refractivity contribution < 1.29 is 19.8 Å². The summed E-state index contributed by atoms with van der Waals surface area (Å²) in [6.07, 6.45) is 43.0. The van der Waals surface area contributed by atoms with Gasteiger partial charge in [-0.05, 0) is 12.8 Å². The van der Waals surface area contributed by atoms with E-state index in [9.17, 15) is 9.59 Å². The minimum Gasteiger partial charge on any atom is -0.481 e. The van der Waals surface area contributed by atoms with Crippen molar-refractivity contribution in [3.8, 4) is 0 Å². The van der Waals surface area contributed by atoms with Gasteiger partial charge < -0.3 is 10.2 Å². The molecule has 2 N–H and O–H groups in total. The first-order chi connectivity index (χ1) is 21.5. The van der Waals surface area contributed by atoms with Gasteiger partial charge in [0.25, 0.3) is 0 Å². The minimum absolute atomic E-state index is 0.345. The molecule has 0 saturated carbocycles. The number of aliphatic carboxylic acids is 2. The van der Waals surface area contributed by atoms with E-state index in [0.29, 0.717) is 12.8 Å². The predicted octanol–water partition coefficient (Wildman–Crippen LogP) is 14.5. The standard InChI is InChI=1S/2C18H36O2.C4H10/c2*1-2-3-4-5-6-7-8-9-10-11-12-13-14-15-16-17-18(19)20;1-3-4-2/h2*2-17H2,1H3,(H,19,20);3-4H2,1-2H3. The zero-order chi connectivity index (χ0) is 33.2. The summed E-state index contributed by atoms with van der Waals surface area (Å²) in [5, 5.41) is 17.0. The molecule has 0 aromatic carbocycles. The molecule has 0 saturated heterocycles. The summed E-state index contributed by atoms with van der Waals surface area (Å²) in [6, 6.07) is 0. The van der Waals surface area contributed by atoms with Gasteiger partial charge in [0.05, 0.1) is 0 Å². The van der Waals surface area contributed by atoms with Crippen LogP contribution in [0.1, 0.15) is 246 Å². The molecular weight excluding hydrogens is 544 g/mol. The first-order valence-electron chi connectivity index (χ1n) is 19.9. The number of hydrogen-bond acceptors (Lipinski definition) is 2. The second-order valence-electron chi connectivity index (χ2n) is 13.2. The maximum atomic E-state index is 10.3. The largest absolute Gasteiger partial charge is 0.481 e. The third-order valence-electron chi connectivity index (χ3n) is 8.49. The fraction of sp³-hybridized carbons (Fsp3) is 0.950. The van der Waals surface area contributed by atoms with E-state index in [0.717, 1.165) is 25.7 Å². The van der Waals surface area contributed by atoms with Gasteiger partial charge in [0, 0.05) is 12.8 Å². The molecule has 0 rings (SSSR count). The molecule has 0 bridgehead atoms. The van der Waals surface area contributed by atoms with E-state index in [1.807, 2.05) is 0 Å². The third-order valence-corrected chi connectivity index (χ3v) is 8.49. The lowest BCUT2D eigenvalue weighted by atomic mass is 10.0. The highest BCUT2D eigenvalue weighted by Crippen LogP contribution is 2.15. The summed E-state index contributed by atoms with van der Waals surface area (Å²) in [7, 11) is 0. The quantitative estimate of drug-likeness (QED) is 0.0711. The third kappa shape index (κ3) is 56.7. The Labute approximate surface area is 277 Å². The highest BCUT2D eigenvalue weighted by molar-refractivity contribution is 5.66. The summed E-state index contributed by atoms with van der Waals surface area (Å²) >= 11 is 0. The Morgan fingerprint density at radius 2 is 0.432 bits per heavy atom. The molecule has 0 atom stereocenters. The summed E-state index contributed by atoms with van der Waals surface area (Å²) < 4.78 is 0. The van der Waals surface area contributed by atoms with Gasteiger partial charge in [0.15, 0.2) is 0 Å². The molecule has 0 aliphatic heterocycles. The van der Waals surface area contributed by atoms with Crippen LogP contribution in [0.3, 0.4) is 0 Å². The van der Waals surface area contributed by atoms with Gasteiger partial charge in [-0.15, -0.1) is 0 Å². The van der Waals surface area contributed by atoms with Crippen LogP contribution in [0.4, 0.5) is 0 Å². The first-order valence-corrected chi connectivity index (χ1v) is 19.9. The average Bonchev–Trinajstić information content (AvgIpc) is 3.01. The monoisotopic (exact) mass is 627 g/mol. The Balaban J connectivity index is -0.000000680. The molecular formula is C40H82O4. The fourth-order valence-electron chi connectivity index (χ4n) is 5.30. The van der Waals surface area contributed by atoms with Crippen LogP contribution >= 0.6 is 0 Å². The van der Waals surface area contributed by atoms with Crippen molar-refractivity contribution in [3.05, 3.63) is 0 Å². The second kappa shape index (κ2) is 46.4. The number of carbonyl (C=O) groups is 2. The molecule has 0 unspecified atom stereocenters. The van der Waals surface area contributed by atoms with Gasteiger partial charge in [0.2, 0.25) is 0 Å². The van der Waals surface area contributed by atoms with Crippen LogP contribution < -0.4 is 0 Å². The van der Waals surface area contributed by atoms with Crippen LogP contribution in [0, 0.1) is 0 Å². The Kier molecular flexibility index (Phi) is 49.9. The summed E-state index contributed by atoms with van der Waals surface area (Å²) in [5.74, 6) is -1.31. The highest BCUT2D eigenvalue weighted by Gasteiger charge is 1.98. The van der Waals surface area contributed by atoms with Crippen molar-refractivity contribution >= 4 is 11.9 Å². The Morgan fingerprint density at radius 3 is 0.568 bits per heavy atom. The minimum atomic E-state index is -0.653. The number of rotatable bonds is 33. The van der Waals surface area contributed by atoms with Gasteiger partial charge >= 0.3 is 11.9 Å². The fourth-order valence-corrected chi connectivity index (χ4v) is 5.30. The molecule has 44 heavy (non-hydrogen) atoms. The van der Waals surface area contributed by atoms with Crippen molar-refractivity contribution in [1.82, 2.24) is 0 Å². The molecule has 4 heteroatoms. The van der Waals surface area contributed by atoms with E-state index in [2.05, 4.69) is 27.7 Å². The molecule has 0 aromatic rings. The molecule has 0 heterocycles. The van der Waals surface area contributed by atoms with Crippen LogP contribution in [-0.2, 0) is 9.59 Å². The molecule has 266 valence electrons. The first kappa shape index (κ1) is 47.3. The molecule has 0 aliphatic rings.